The molecule has 0 bridgehead atoms. The van der Waals surface area contributed by atoms with Crippen LogP contribution in [-0.4, -0.2) is 60.5 Å². The van der Waals surface area contributed by atoms with E-state index >= 15 is 0 Å². The van der Waals surface area contributed by atoms with Crippen LogP contribution in [0.2, 0.25) is 0 Å². The van der Waals surface area contributed by atoms with E-state index in [0.29, 0.717) is 18.1 Å². The second-order valence-electron chi connectivity index (χ2n) is 13.7. The van der Waals surface area contributed by atoms with Crippen LogP contribution >= 0.6 is 0 Å². The van der Waals surface area contributed by atoms with Crippen molar-refractivity contribution in [2.45, 2.75) is 52.4 Å². The molecule has 296 valence electrons. The van der Waals surface area contributed by atoms with Crippen LogP contribution in [0.3, 0.4) is 0 Å². The highest BCUT2D eigenvalue weighted by Crippen LogP contribution is 2.26. The standard InChI is InChI=1S/2C16H16N2O.C14H18N2O2.CH4/c19-14-6-7-16-15(9-14)13(11-18-16)5-1-3-12-4-2-8-17-10-12;19-14-7-8-16-15(10-14)12(11-18-16)4-3-6-13-5-1-2-9-17-13;1-10(15-5-6-18-2)7-11-9-16-14-4-3-12(17)8-13(11)14;/h2,4,6-11,18-19H,1,3,5H2;1-2,5,7-11,18-19H,3-4,6H2;3-4,8-9,15-17H,1,5-7H2,2H3;1H4. The van der Waals surface area contributed by atoms with Crippen molar-refractivity contribution in [3.8, 4) is 17.2 Å². The van der Waals surface area contributed by atoms with Crippen molar-refractivity contribution in [2.24, 2.45) is 0 Å². The summed E-state index contributed by atoms with van der Waals surface area (Å²) in [6.45, 7) is 5.40. The molecule has 57 heavy (non-hydrogen) atoms. The number of fused-ring (bicyclic) bond motifs is 3. The van der Waals surface area contributed by atoms with Crippen molar-refractivity contribution in [3.05, 3.63) is 162 Å². The fourth-order valence-electron chi connectivity index (χ4n) is 6.72. The number of aromatic amines is 3. The van der Waals surface area contributed by atoms with Gasteiger partial charge >= 0.3 is 0 Å². The zero-order valence-electron chi connectivity index (χ0n) is 31.8. The van der Waals surface area contributed by atoms with Crippen molar-refractivity contribution in [2.75, 3.05) is 20.3 Å². The number of aryl methyl sites for hydroxylation is 4. The second-order valence-corrected chi connectivity index (χ2v) is 13.7. The van der Waals surface area contributed by atoms with Crippen LogP contribution in [0.15, 0.2) is 134 Å². The smallest absolute Gasteiger partial charge is 0.116 e. The fraction of sp³-hybridized carbons (Fsp3) is 0.234. The van der Waals surface area contributed by atoms with E-state index in [-0.39, 0.29) is 13.2 Å². The molecule has 0 radical (unpaired) electrons. The number of pyridine rings is 2. The maximum atomic E-state index is 9.55. The van der Waals surface area contributed by atoms with Crippen molar-refractivity contribution < 1.29 is 20.1 Å². The number of H-pyrrole nitrogens is 3. The van der Waals surface area contributed by atoms with Gasteiger partial charge in [-0.25, -0.2) is 0 Å². The molecule has 0 aliphatic heterocycles. The molecular weight excluding hydrogens is 713 g/mol. The minimum Gasteiger partial charge on any atom is -0.508 e. The second kappa shape index (κ2) is 21.0. The van der Waals surface area contributed by atoms with E-state index in [1.54, 1.807) is 37.6 Å². The SMILES string of the molecule is C.C=C(Cc1c[nH]c2ccc(O)cc12)NCCOC.Oc1ccc2[nH]cc(CCCc3ccccn3)c2c1.Oc1ccc2[nH]cc(CCCc3cccnc3)c2c1. The number of nitrogens with zero attached hydrogens (tertiary/aromatic N) is 2. The zero-order chi connectivity index (χ0) is 39.1. The summed E-state index contributed by atoms with van der Waals surface area (Å²) in [6, 6.07) is 26.3. The number of phenolic OH excluding ortho intramolecular Hbond substituents is 3. The molecule has 10 nitrogen and oxygen atoms in total. The first-order chi connectivity index (χ1) is 27.4. The third-order valence-electron chi connectivity index (χ3n) is 9.58. The Bertz CT molecular complexity index is 2310. The summed E-state index contributed by atoms with van der Waals surface area (Å²) in [5.41, 5.74) is 10.1. The van der Waals surface area contributed by atoms with Gasteiger partial charge in [0.05, 0.1) is 6.61 Å². The Hall–Kier alpha value is -6.52. The van der Waals surface area contributed by atoms with Gasteiger partial charge in [0.1, 0.15) is 17.2 Å². The van der Waals surface area contributed by atoms with Crippen LogP contribution in [0.5, 0.6) is 17.2 Å². The Labute approximate surface area is 334 Å². The molecule has 0 amide bonds. The van der Waals surface area contributed by atoms with Crippen LogP contribution in [0.1, 0.15) is 48.2 Å². The summed E-state index contributed by atoms with van der Waals surface area (Å²) in [5, 5.41) is 35.1. The molecular formula is C47H54N6O4. The first-order valence-electron chi connectivity index (χ1n) is 18.9. The minimum absolute atomic E-state index is 0. The van der Waals surface area contributed by atoms with Gasteiger partial charge in [-0.2, -0.15) is 0 Å². The highest BCUT2D eigenvalue weighted by Gasteiger charge is 2.08. The third-order valence-corrected chi connectivity index (χ3v) is 9.58. The molecule has 0 unspecified atom stereocenters. The number of benzene rings is 3. The van der Waals surface area contributed by atoms with Crippen molar-refractivity contribution in [1.82, 2.24) is 30.2 Å². The molecule has 3 aromatic carbocycles. The fourth-order valence-corrected chi connectivity index (χ4v) is 6.72. The Morgan fingerprint density at radius 3 is 1.75 bits per heavy atom. The summed E-state index contributed by atoms with van der Waals surface area (Å²) < 4.78 is 4.97. The first kappa shape index (κ1) is 41.6. The van der Waals surface area contributed by atoms with Gasteiger partial charge in [-0.1, -0.05) is 26.1 Å². The molecule has 5 aromatic heterocycles. The quantitative estimate of drug-likeness (QED) is 0.0544. The highest BCUT2D eigenvalue weighted by atomic mass is 16.5. The molecule has 0 saturated heterocycles. The molecule has 0 atom stereocenters. The van der Waals surface area contributed by atoms with Crippen LogP contribution < -0.4 is 5.32 Å². The molecule has 0 aliphatic rings. The van der Waals surface area contributed by atoms with Gasteiger partial charge in [-0.3, -0.25) is 9.97 Å². The normalized spacial score (nSPS) is 10.7. The lowest BCUT2D eigenvalue weighted by atomic mass is 10.0. The molecule has 0 spiro atoms. The third kappa shape index (κ3) is 12.0. The van der Waals surface area contributed by atoms with Crippen molar-refractivity contribution >= 4 is 32.7 Å². The minimum atomic E-state index is 0. The van der Waals surface area contributed by atoms with E-state index in [9.17, 15) is 15.3 Å². The molecule has 0 fully saturated rings. The number of hydrogen-bond donors (Lipinski definition) is 7. The van der Waals surface area contributed by atoms with Gasteiger partial charge < -0.3 is 40.3 Å². The average Bonchev–Trinajstić information content (AvgIpc) is 3.93. The molecule has 7 N–H and O–H groups in total. The van der Waals surface area contributed by atoms with Crippen LogP contribution in [0, 0.1) is 0 Å². The van der Waals surface area contributed by atoms with Crippen molar-refractivity contribution in [1.29, 1.82) is 0 Å². The lowest BCUT2D eigenvalue weighted by Crippen LogP contribution is -2.19. The molecule has 0 saturated carbocycles. The number of nitrogens with one attached hydrogen (secondary N) is 4. The number of phenols is 3. The number of hydrogen-bond acceptors (Lipinski definition) is 7. The molecule has 8 aromatic rings. The summed E-state index contributed by atoms with van der Waals surface area (Å²) in [5.74, 6) is 0.917. The van der Waals surface area contributed by atoms with E-state index < -0.39 is 0 Å². The Kier molecular flexibility index (Phi) is 15.3. The maximum absolute atomic E-state index is 9.55. The molecule has 10 heteroatoms. The van der Waals surface area contributed by atoms with E-state index in [1.807, 2.05) is 79.5 Å². The van der Waals surface area contributed by atoms with Gasteiger partial charge in [0.2, 0.25) is 0 Å². The number of methoxy groups -OCH3 is 1. The average molecular weight is 767 g/mol. The predicted molar refractivity (Wildman–Crippen MR) is 232 cm³/mol. The van der Waals surface area contributed by atoms with E-state index in [0.717, 1.165) is 101 Å². The zero-order valence-corrected chi connectivity index (χ0v) is 31.8. The largest absolute Gasteiger partial charge is 0.508 e. The summed E-state index contributed by atoms with van der Waals surface area (Å²) >= 11 is 0. The van der Waals surface area contributed by atoms with Gasteiger partial charge in [0.25, 0.3) is 0 Å². The maximum Gasteiger partial charge on any atom is 0.116 e. The van der Waals surface area contributed by atoms with Gasteiger partial charge in [-0.05, 0) is 134 Å². The number of aromatic hydroxyl groups is 3. The van der Waals surface area contributed by atoms with E-state index in [4.69, 9.17) is 4.74 Å². The Morgan fingerprint density at radius 1 is 0.667 bits per heavy atom. The van der Waals surface area contributed by atoms with Crippen molar-refractivity contribution in [3.63, 3.8) is 0 Å². The van der Waals surface area contributed by atoms with E-state index in [2.05, 4.69) is 48.9 Å². The first-order valence-corrected chi connectivity index (χ1v) is 18.9. The lowest BCUT2D eigenvalue weighted by Gasteiger charge is -2.08. The summed E-state index contributed by atoms with van der Waals surface area (Å²) in [4.78, 5) is 18.1. The number of rotatable bonds is 14. The van der Waals surface area contributed by atoms with E-state index in [1.165, 1.54) is 16.7 Å². The van der Waals surface area contributed by atoms with Gasteiger partial charge in [-0.15, -0.1) is 0 Å². The topological polar surface area (TPSA) is 155 Å². The highest BCUT2D eigenvalue weighted by molar-refractivity contribution is 5.86. The van der Waals surface area contributed by atoms with Crippen LogP contribution in [-0.2, 0) is 36.8 Å². The van der Waals surface area contributed by atoms with Crippen LogP contribution in [0.25, 0.3) is 32.7 Å². The number of ether oxygens (including phenoxy) is 1. The number of allylic oxidation sites excluding steroid dienone is 1. The monoisotopic (exact) mass is 766 g/mol. The Balaban J connectivity index is 0.000000162. The van der Waals surface area contributed by atoms with Gasteiger partial charge in [0.15, 0.2) is 0 Å². The lowest BCUT2D eigenvalue weighted by molar-refractivity contribution is 0.202. The molecule has 8 rings (SSSR count). The summed E-state index contributed by atoms with van der Waals surface area (Å²) in [6.07, 6.45) is 18.4. The van der Waals surface area contributed by atoms with Gasteiger partial charge in [0, 0.05) is 101 Å². The van der Waals surface area contributed by atoms with Crippen LogP contribution in [0.4, 0.5) is 0 Å². The Morgan fingerprint density at radius 2 is 1.23 bits per heavy atom. The predicted octanol–water partition coefficient (Wildman–Crippen LogP) is 9.69. The molecule has 5 heterocycles. The number of aromatic nitrogens is 5. The summed E-state index contributed by atoms with van der Waals surface area (Å²) in [7, 11) is 1.67. The molecule has 0 aliphatic carbocycles.